The van der Waals surface area contributed by atoms with Gasteiger partial charge in [-0.05, 0) is 37.6 Å². The molecule has 7 heteroatoms. The minimum atomic E-state index is -0.356. The summed E-state index contributed by atoms with van der Waals surface area (Å²) < 4.78 is 1.75. The standard InChI is InChI=1S/C17H14Cl2N4O/c1-10-6-7-15-21-11(2)16(23(15)9-10)17(24)22-20-8-12-13(18)4-3-5-14(12)19/h3-9H,1-2H3,(H,22,24)/b20-8-. The van der Waals surface area contributed by atoms with Crippen LogP contribution in [0.25, 0.3) is 5.65 Å². The van der Waals surface area contributed by atoms with E-state index in [0.717, 1.165) is 5.56 Å². The molecule has 24 heavy (non-hydrogen) atoms. The van der Waals surface area contributed by atoms with Crippen LogP contribution in [0, 0.1) is 13.8 Å². The molecule has 122 valence electrons. The molecule has 1 N–H and O–H groups in total. The molecule has 0 aliphatic heterocycles. The fourth-order valence-corrected chi connectivity index (χ4v) is 2.88. The Morgan fingerprint density at radius 2 is 1.92 bits per heavy atom. The van der Waals surface area contributed by atoms with Gasteiger partial charge in [-0.3, -0.25) is 9.20 Å². The largest absolute Gasteiger partial charge is 0.295 e. The van der Waals surface area contributed by atoms with Gasteiger partial charge in [0.05, 0.1) is 22.0 Å². The van der Waals surface area contributed by atoms with E-state index in [2.05, 4.69) is 15.5 Å². The van der Waals surface area contributed by atoms with Gasteiger partial charge in [-0.2, -0.15) is 5.10 Å². The molecule has 3 aromatic rings. The molecule has 0 aliphatic rings. The van der Waals surface area contributed by atoms with Crippen molar-refractivity contribution in [3.05, 3.63) is 69.1 Å². The number of amides is 1. The first-order chi connectivity index (χ1) is 11.5. The highest BCUT2D eigenvalue weighted by Gasteiger charge is 2.16. The second kappa shape index (κ2) is 6.63. The monoisotopic (exact) mass is 360 g/mol. The summed E-state index contributed by atoms with van der Waals surface area (Å²) in [4.78, 5) is 16.8. The summed E-state index contributed by atoms with van der Waals surface area (Å²) in [5.41, 5.74) is 5.85. The molecule has 0 bridgehead atoms. The average molecular weight is 361 g/mol. The van der Waals surface area contributed by atoms with Crippen LogP contribution in [-0.4, -0.2) is 21.5 Å². The molecule has 1 aromatic carbocycles. The molecule has 0 aliphatic carbocycles. The lowest BCUT2D eigenvalue weighted by Crippen LogP contribution is -2.20. The number of aryl methyl sites for hydroxylation is 2. The number of nitrogens with zero attached hydrogens (tertiary/aromatic N) is 3. The summed E-state index contributed by atoms with van der Waals surface area (Å²) in [6.45, 7) is 3.74. The van der Waals surface area contributed by atoms with E-state index in [4.69, 9.17) is 23.2 Å². The summed E-state index contributed by atoms with van der Waals surface area (Å²) in [7, 11) is 0. The fraction of sp³-hybridized carbons (Fsp3) is 0.118. The quantitative estimate of drug-likeness (QED) is 0.566. The number of fused-ring (bicyclic) bond motifs is 1. The molecular weight excluding hydrogens is 347 g/mol. The third kappa shape index (κ3) is 3.13. The number of hydrazone groups is 1. The molecule has 0 fully saturated rings. The molecule has 1 amide bonds. The minimum Gasteiger partial charge on any atom is -0.295 e. The number of nitrogens with one attached hydrogen (secondary N) is 1. The zero-order chi connectivity index (χ0) is 17.3. The number of carbonyl (C=O) groups is 1. The van der Waals surface area contributed by atoms with Gasteiger partial charge in [-0.15, -0.1) is 0 Å². The van der Waals surface area contributed by atoms with Crippen LogP contribution in [0.1, 0.15) is 27.3 Å². The van der Waals surface area contributed by atoms with E-state index < -0.39 is 0 Å². The Morgan fingerprint density at radius 1 is 1.21 bits per heavy atom. The van der Waals surface area contributed by atoms with E-state index in [9.17, 15) is 4.79 Å². The Kier molecular flexibility index (Phi) is 4.55. The zero-order valence-corrected chi connectivity index (χ0v) is 14.6. The third-order valence-electron chi connectivity index (χ3n) is 3.52. The topological polar surface area (TPSA) is 58.8 Å². The van der Waals surface area contributed by atoms with Crippen LogP contribution in [0.2, 0.25) is 10.0 Å². The Morgan fingerprint density at radius 3 is 2.62 bits per heavy atom. The molecule has 0 saturated heterocycles. The first-order valence-electron chi connectivity index (χ1n) is 7.20. The van der Waals surface area contributed by atoms with Crippen LogP contribution in [0.3, 0.4) is 0 Å². The smallest absolute Gasteiger partial charge is 0.290 e. The molecule has 0 radical (unpaired) electrons. The van der Waals surface area contributed by atoms with Crippen LogP contribution in [0.4, 0.5) is 0 Å². The van der Waals surface area contributed by atoms with Crippen LogP contribution in [0.5, 0.6) is 0 Å². The lowest BCUT2D eigenvalue weighted by molar-refractivity contribution is 0.0948. The van der Waals surface area contributed by atoms with Gasteiger partial charge in [0, 0.05) is 11.8 Å². The maximum absolute atomic E-state index is 12.5. The number of rotatable bonds is 3. The molecular formula is C17H14Cl2N4O. The number of benzene rings is 1. The molecule has 0 unspecified atom stereocenters. The normalized spacial score (nSPS) is 11.3. The van der Waals surface area contributed by atoms with Crippen molar-refractivity contribution in [2.24, 2.45) is 5.10 Å². The Balaban J connectivity index is 1.87. The molecule has 2 aromatic heterocycles. The van der Waals surface area contributed by atoms with Crippen molar-refractivity contribution in [1.82, 2.24) is 14.8 Å². The maximum atomic E-state index is 12.5. The molecule has 0 atom stereocenters. The van der Waals surface area contributed by atoms with Gasteiger partial charge in [0.1, 0.15) is 11.3 Å². The van der Waals surface area contributed by atoms with Crippen molar-refractivity contribution in [3.8, 4) is 0 Å². The van der Waals surface area contributed by atoms with Gasteiger partial charge in [-0.25, -0.2) is 10.4 Å². The van der Waals surface area contributed by atoms with E-state index >= 15 is 0 Å². The van der Waals surface area contributed by atoms with Crippen LogP contribution in [-0.2, 0) is 0 Å². The van der Waals surface area contributed by atoms with Gasteiger partial charge >= 0.3 is 0 Å². The van der Waals surface area contributed by atoms with Crippen LogP contribution < -0.4 is 5.43 Å². The number of hydrogen-bond acceptors (Lipinski definition) is 3. The van der Waals surface area contributed by atoms with Gasteiger partial charge in [0.25, 0.3) is 5.91 Å². The maximum Gasteiger partial charge on any atom is 0.290 e. The highest BCUT2D eigenvalue weighted by molar-refractivity contribution is 6.38. The summed E-state index contributed by atoms with van der Waals surface area (Å²) in [5, 5.41) is 4.88. The highest BCUT2D eigenvalue weighted by atomic mass is 35.5. The van der Waals surface area contributed by atoms with E-state index in [1.165, 1.54) is 6.21 Å². The number of aromatic nitrogens is 2. The van der Waals surface area contributed by atoms with E-state index in [1.54, 1.807) is 29.5 Å². The number of imidazole rings is 1. The predicted octanol–water partition coefficient (Wildman–Crippen LogP) is 4.02. The summed E-state index contributed by atoms with van der Waals surface area (Å²) >= 11 is 12.1. The Labute approximate surface area is 148 Å². The van der Waals surface area contributed by atoms with E-state index in [0.29, 0.717) is 32.6 Å². The summed E-state index contributed by atoms with van der Waals surface area (Å²) in [5.74, 6) is -0.356. The predicted molar refractivity (Wildman–Crippen MR) is 96.2 cm³/mol. The van der Waals surface area contributed by atoms with Gasteiger partial charge in [0.2, 0.25) is 0 Å². The Bertz CT molecular complexity index is 942. The SMILES string of the molecule is Cc1ccc2nc(C)c(C(=O)N/N=C\c3c(Cl)cccc3Cl)n2c1. The molecule has 0 saturated carbocycles. The number of hydrogen-bond donors (Lipinski definition) is 1. The first-order valence-corrected chi connectivity index (χ1v) is 7.95. The van der Waals surface area contributed by atoms with Crippen molar-refractivity contribution >= 4 is 41.0 Å². The second-order valence-electron chi connectivity index (χ2n) is 5.31. The van der Waals surface area contributed by atoms with E-state index in [-0.39, 0.29) is 5.91 Å². The fourth-order valence-electron chi connectivity index (χ4n) is 2.38. The summed E-state index contributed by atoms with van der Waals surface area (Å²) in [6, 6.07) is 8.96. The molecule has 5 nitrogen and oxygen atoms in total. The van der Waals surface area contributed by atoms with Gasteiger partial charge in [-0.1, -0.05) is 35.3 Å². The van der Waals surface area contributed by atoms with Crippen molar-refractivity contribution in [2.75, 3.05) is 0 Å². The van der Waals surface area contributed by atoms with Gasteiger partial charge in [0.15, 0.2) is 0 Å². The minimum absolute atomic E-state index is 0.356. The Hall–Kier alpha value is -2.37. The van der Waals surface area contributed by atoms with Crippen molar-refractivity contribution in [2.45, 2.75) is 13.8 Å². The van der Waals surface area contributed by atoms with Gasteiger partial charge < -0.3 is 0 Å². The first kappa shape index (κ1) is 16.5. The number of pyridine rings is 1. The molecule has 2 heterocycles. The second-order valence-corrected chi connectivity index (χ2v) is 6.13. The molecule has 3 rings (SSSR count). The van der Waals surface area contributed by atoms with Crippen LogP contribution in [0.15, 0.2) is 41.6 Å². The number of carbonyl (C=O) groups excluding carboxylic acids is 1. The third-order valence-corrected chi connectivity index (χ3v) is 4.17. The highest BCUT2D eigenvalue weighted by Crippen LogP contribution is 2.22. The average Bonchev–Trinajstić information content (AvgIpc) is 2.85. The molecule has 0 spiro atoms. The van der Waals surface area contributed by atoms with Crippen LogP contribution >= 0.6 is 23.2 Å². The lowest BCUT2D eigenvalue weighted by Gasteiger charge is -2.03. The van der Waals surface area contributed by atoms with Crippen molar-refractivity contribution < 1.29 is 4.79 Å². The van der Waals surface area contributed by atoms with Crippen molar-refractivity contribution in [1.29, 1.82) is 0 Å². The van der Waals surface area contributed by atoms with E-state index in [1.807, 2.05) is 25.3 Å². The zero-order valence-electron chi connectivity index (χ0n) is 13.0. The van der Waals surface area contributed by atoms with Crippen molar-refractivity contribution in [3.63, 3.8) is 0 Å². The summed E-state index contributed by atoms with van der Waals surface area (Å²) in [6.07, 6.45) is 3.28. The number of halogens is 2. The lowest BCUT2D eigenvalue weighted by atomic mass is 10.2.